The van der Waals surface area contributed by atoms with Crippen molar-refractivity contribution in [3.05, 3.63) is 53.7 Å². The van der Waals surface area contributed by atoms with E-state index in [1.807, 2.05) is 6.07 Å². The highest BCUT2D eigenvalue weighted by atomic mass is 16.5. The quantitative estimate of drug-likeness (QED) is 0.905. The number of ether oxygens (including phenoxy) is 1. The van der Waals surface area contributed by atoms with E-state index in [4.69, 9.17) is 15.1 Å². The lowest BCUT2D eigenvalue weighted by Gasteiger charge is -2.05. The van der Waals surface area contributed by atoms with Gasteiger partial charge in [-0.2, -0.15) is 5.26 Å². The second kappa shape index (κ2) is 5.65. The smallest absolute Gasteiger partial charge is 0.307 e. The Morgan fingerprint density at radius 3 is 2.84 bits per heavy atom. The Morgan fingerprint density at radius 1 is 1.37 bits per heavy atom. The third kappa shape index (κ3) is 3.54. The summed E-state index contributed by atoms with van der Waals surface area (Å²) in [4.78, 5) is 14.6. The molecule has 0 aliphatic carbocycles. The van der Waals surface area contributed by atoms with Crippen LogP contribution in [0.5, 0.6) is 11.6 Å². The van der Waals surface area contributed by atoms with Gasteiger partial charge in [0.2, 0.25) is 5.88 Å². The molecule has 5 nitrogen and oxygen atoms in total. The van der Waals surface area contributed by atoms with Crippen molar-refractivity contribution in [3.63, 3.8) is 0 Å². The molecule has 0 aliphatic rings. The fourth-order valence-corrected chi connectivity index (χ4v) is 1.52. The van der Waals surface area contributed by atoms with Crippen molar-refractivity contribution >= 4 is 5.97 Å². The largest absolute Gasteiger partial charge is 0.481 e. The SMILES string of the molecule is N#Cc1ccc(Oc2cccc(CC(=O)O)c2)nc1. The molecule has 0 aliphatic heterocycles. The monoisotopic (exact) mass is 254 g/mol. The second-order valence-corrected chi connectivity index (χ2v) is 3.82. The van der Waals surface area contributed by atoms with Crippen molar-refractivity contribution in [3.8, 4) is 17.7 Å². The van der Waals surface area contributed by atoms with Gasteiger partial charge in [0.1, 0.15) is 11.8 Å². The number of hydrogen-bond donors (Lipinski definition) is 1. The summed E-state index contributed by atoms with van der Waals surface area (Å²) in [6.07, 6.45) is 1.36. The van der Waals surface area contributed by atoms with Crippen LogP contribution in [0.4, 0.5) is 0 Å². The molecule has 5 heteroatoms. The number of aliphatic carboxylic acids is 1. The van der Waals surface area contributed by atoms with Crippen LogP contribution in [-0.2, 0) is 11.2 Å². The number of carbonyl (C=O) groups is 1. The van der Waals surface area contributed by atoms with E-state index in [0.29, 0.717) is 22.8 Å². The van der Waals surface area contributed by atoms with Crippen LogP contribution in [0.15, 0.2) is 42.6 Å². The zero-order valence-corrected chi connectivity index (χ0v) is 9.91. The third-order valence-electron chi connectivity index (χ3n) is 2.34. The van der Waals surface area contributed by atoms with Gasteiger partial charge in [-0.1, -0.05) is 12.1 Å². The summed E-state index contributed by atoms with van der Waals surface area (Å²) in [5.74, 6) is -0.0314. The van der Waals surface area contributed by atoms with Crippen LogP contribution in [0.3, 0.4) is 0 Å². The number of nitriles is 1. The van der Waals surface area contributed by atoms with Gasteiger partial charge in [0, 0.05) is 12.3 Å². The molecule has 1 aromatic carbocycles. The predicted octanol–water partition coefficient (Wildman–Crippen LogP) is 2.37. The minimum atomic E-state index is -0.895. The minimum Gasteiger partial charge on any atom is -0.481 e. The van der Waals surface area contributed by atoms with Crippen LogP contribution in [-0.4, -0.2) is 16.1 Å². The molecule has 0 bridgehead atoms. The first-order chi connectivity index (χ1) is 9.17. The Labute approximate surface area is 109 Å². The zero-order chi connectivity index (χ0) is 13.7. The fraction of sp³-hybridized carbons (Fsp3) is 0.0714. The third-order valence-corrected chi connectivity index (χ3v) is 2.34. The van der Waals surface area contributed by atoms with Crippen molar-refractivity contribution < 1.29 is 14.6 Å². The molecular weight excluding hydrogens is 244 g/mol. The molecule has 94 valence electrons. The molecule has 1 aromatic heterocycles. The van der Waals surface area contributed by atoms with E-state index in [1.165, 1.54) is 6.20 Å². The van der Waals surface area contributed by atoms with Crippen molar-refractivity contribution in [2.24, 2.45) is 0 Å². The number of rotatable bonds is 4. The average molecular weight is 254 g/mol. The molecule has 2 aromatic rings. The summed E-state index contributed by atoms with van der Waals surface area (Å²) in [5, 5.41) is 17.4. The maximum absolute atomic E-state index is 10.6. The molecule has 0 radical (unpaired) electrons. The Hall–Kier alpha value is -2.87. The van der Waals surface area contributed by atoms with Gasteiger partial charge in [0.15, 0.2) is 0 Å². The molecule has 19 heavy (non-hydrogen) atoms. The van der Waals surface area contributed by atoms with Crippen molar-refractivity contribution in [1.82, 2.24) is 4.98 Å². The molecule has 0 spiro atoms. The molecular formula is C14H10N2O3. The minimum absolute atomic E-state index is 0.0575. The van der Waals surface area contributed by atoms with E-state index >= 15 is 0 Å². The van der Waals surface area contributed by atoms with Crippen LogP contribution < -0.4 is 4.74 Å². The number of benzene rings is 1. The fourth-order valence-electron chi connectivity index (χ4n) is 1.52. The Balaban J connectivity index is 2.14. The van der Waals surface area contributed by atoms with Gasteiger partial charge >= 0.3 is 5.97 Å². The molecule has 0 fully saturated rings. The van der Waals surface area contributed by atoms with Gasteiger partial charge in [-0.15, -0.1) is 0 Å². The van der Waals surface area contributed by atoms with E-state index in [0.717, 1.165) is 0 Å². The highest BCUT2D eigenvalue weighted by Crippen LogP contribution is 2.20. The van der Waals surface area contributed by atoms with Crippen LogP contribution >= 0.6 is 0 Å². The molecule has 0 amide bonds. The number of hydrogen-bond acceptors (Lipinski definition) is 4. The van der Waals surface area contributed by atoms with Gasteiger partial charge in [-0.05, 0) is 23.8 Å². The number of carboxylic acids is 1. The van der Waals surface area contributed by atoms with Crippen LogP contribution in [0, 0.1) is 11.3 Å². The Bertz CT molecular complexity index is 630. The number of nitrogens with zero attached hydrogens (tertiary/aromatic N) is 2. The van der Waals surface area contributed by atoms with Gasteiger partial charge in [-0.25, -0.2) is 4.98 Å². The topological polar surface area (TPSA) is 83.2 Å². The molecule has 2 rings (SSSR count). The first-order valence-corrected chi connectivity index (χ1v) is 5.52. The number of pyridine rings is 1. The molecule has 1 N–H and O–H groups in total. The van der Waals surface area contributed by atoms with E-state index in [9.17, 15) is 4.79 Å². The van der Waals surface area contributed by atoms with Gasteiger partial charge < -0.3 is 9.84 Å². The van der Waals surface area contributed by atoms with Crippen molar-refractivity contribution in [1.29, 1.82) is 5.26 Å². The summed E-state index contributed by atoms with van der Waals surface area (Å²) in [6.45, 7) is 0. The van der Waals surface area contributed by atoms with Crippen LogP contribution in [0.2, 0.25) is 0 Å². The predicted molar refractivity (Wildman–Crippen MR) is 66.8 cm³/mol. The van der Waals surface area contributed by atoms with E-state index in [-0.39, 0.29) is 6.42 Å². The zero-order valence-electron chi connectivity index (χ0n) is 9.91. The summed E-state index contributed by atoms with van der Waals surface area (Å²) in [5.41, 5.74) is 1.10. The average Bonchev–Trinajstić information content (AvgIpc) is 2.39. The second-order valence-electron chi connectivity index (χ2n) is 3.82. The number of aromatic nitrogens is 1. The van der Waals surface area contributed by atoms with Gasteiger partial charge in [0.25, 0.3) is 0 Å². The highest BCUT2D eigenvalue weighted by molar-refractivity contribution is 5.70. The van der Waals surface area contributed by atoms with Crippen molar-refractivity contribution in [2.75, 3.05) is 0 Å². The molecule has 0 saturated carbocycles. The Kier molecular flexibility index (Phi) is 3.74. The van der Waals surface area contributed by atoms with Crippen molar-refractivity contribution in [2.45, 2.75) is 6.42 Å². The van der Waals surface area contributed by atoms with E-state index in [2.05, 4.69) is 4.98 Å². The summed E-state index contributed by atoms with van der Waals surface area (Å²) in [6, 6.07) is 11.9. The molecule has 1 heterocycles. The first kappa shape index (κ1) is 12.6. The maximum atomic E-state index is 10.6. The van der Waals surface area contributed by atoms with Crippen LogP contribution in [0.25, 0.3) is 0 Å². The normalized spacial score (nSPS) is 9.63. The standard InChI is InChI=1S/C14H10N2O3/c15-8-11-4-5-13(16-9-11)19-12-3-1-2-10(6-12)7-14(17)18/h1-6,9H,7H2,(H,17,18). The first-order valence-electron chi connectivity index (χ1n) is 5.52. The van der Waals surface area contributed by atoms with E-state index in [1.54, 1.807) is 36.4 Å². The summed E-state index contributed by atoms with van der Waals surface area (Å²) in [7, 11) is 0. The number of carboxylic acid groups (broad SMARTS) is 1. The lowest BCUT2D eigenvalue weighted by Crippen LogP contribution is -2.00. The van der Waals surface area contributed by atoms with E-state index < -0.39 is 5.97 Å². The maximum Gasteiger partial charge on any atom is 0.307 e. The molecule has 0 unspecified atom stereocenters. The van der Waals surface area contributed by atoms with Gasteiger partial charge in [-0.3, -0.25) is 4.79 Å². The summed E-state index contributed by atoms with van der Waals surface area (Å²) >= 11 is 0. The summed E-state index contributed by atoms with van der Waals surface area (Å²) < 4.78 is 5.49. The van der Waals surface area contributed by atoms with Gasteiger partial charge in [0.05, 0.1) is 12.0 Å². The lowest BCUT2D eigenvalue weighted by atomic mass is 10.1. The highest BCUT2D eigenvalue weighted by Gasteiger charge is 2.03. The molecule has 0 atom stereocenters. The Morgan fingerprint density at radius 2 is 2.21 bits per heavy atom. The lowest BCUT2D eigenvalue weighted by molar-refractivity contribution is -0.136. The molecule has 0 saturated heterocycles. The van der Waals surface area contributed by atoms with Crippen LogP contribution in [0.1, 0.15) is 11.1 Å².